The van der Waals surface area contributed by atoms with E-state index in [0.717, 1.165) is 12.2 Å². The summed E-state index contributed by atoms with van der Waals surface area (Å²) in [5, 5.41) is 5.59. The molecule has 1 heterocycles. The molecule has 1 aliphatic rings. The lowest BCUT2D eigenvalue weighted by molar-refractivity contribution is -0.114. The third-order valence-electron chi connectivity index (χ3n) is 4.51. The Bertz CT molecular complexity index is 765. The molecule has 26 heavy (non-hydrogen) atoms. The van der Waals surface area contributed by atoms with Crippen LogP contribution >= 0.6 is 0 Å². The Morgan fingerprint density at radius 2 is 1.65 bits per heavy atom. The van der Waals surface area contributed by atoms with E-state index >= 15 is 0 Å². The number of hydrogen-bond donors (Lipinski definition) is 2. The second kappa shape index (κ2) is 8.63. The summed E-state index contributed by atoms with van der Waals surface area (Å²) in [6, 6.07) is 14.9. The minimum absolute atomic E-state index is 0.160. The van der Waals surface area contributed by atoms with E-state index < -0.39 is 0 Å². The number of anilines is 2. The van der Waals surface area contributed by atoms with Crippen LogP contribution in [0.4, 0.5) is 11.4 Å². The highest BCUT2D eigenvalue weighted by Crippen LogP contribution is 2.17. The lowest BCUT2D eigenvalue weighted by Crippen LogP contribution is -2.29. The zero-order valence-corrected chi connectivity index (χ0v) is 15.1. The van der Waals surface area contributed by atoms with Gasteiger partial charge in [-0.1, -0.05) is 24.6 Å². The molecule has 0 aromatic heterocycles. The van der Waals surface area contributed by atoms with E-state index in [9.17, 15) is 9.59 Å². The van der Waals surface area contributed by atoms with E-state index in [-0.39, 0.29) is 11.8 Å². The Kier molecular flexibility index (Phi) is 6.02. The molecule has 3 rings (SSSR count). The van der Waals surface area contributed by atoms with Gasteiger partial charge in [0.2, 0.25) is 5.91 Å². The largest absolute Gasteiger partial charge is 0.326 e. The summed E-state index contributed by atoms with van der Waals surface area (Å²) >= 11 is 0. The zero-order valence-electron chi connectivity index (χ0n) is 15.1. The molecule has 1 saturated heterocycles. The Morgan fingerprint density at radius 1 is 0.923 bits per heavy atom. The van der Waals surface area contributed by atoms with Crippen molar-refractivity contribution in [1.82, 2.24) is 4.90 Å². The summed E-state index contributed by atoms with van der Waals surface area (Å²) in [5.74, 6) is -0.354. The molecule has 136 valence electrons. The monoisotopic (exact) mass is 351 g/mol. The summed E-state index contributed by atoms with van der Waals surface area (Å²) < 4.78 is 0. The lowest BCUT2D eigenvalue weighted by atomic mass is 10.1. The fourth-order valence-electron chi connectivity index (χ4n) is 3.21. The van der Waals surface area contributed by atoms with Gasteiger partial charge >= 0.3 is 0 Å². The summed E-state index contributed by atoms with van der Waals surface area (Å²) in [5.41, 5.74) is 3.15. The van der Waals surface area contributed by atoms with E-state index in [2.05, 4.69) is 27.7 Å². The standard InChI is InChI=1S/C21H25N3O2/c1-16(25)22-20-7-5-6-18(14-20)21(26)23-19-10-8-17(9-11-19)15-24-12-3-2-4-13-24/h5-11,14H,2-4,12-13,15H2,1H3,(H,22,25)(H,23,26). The van der Waals surface area contributed by atoms with Crippen LogP contribution in [-0.2, 0) is 11.3 Å². The number of likely N-dealkylation sites (tertiary alicyclic amines) is 1. The van der Waals surface area contributed by atoms with Crippen LogP contribution in [0.15, 0.2) is 48.5 Å². The predicted octanol–water partition coefficient (Wildman–Crippen LogP) is 3.88. The molecule has 1 fully saturated rings. The molecule has 2 amide bonds. The predicted molar refractivity (Wildman–Crippen MR) is 104 cm³/mol. The van der Waals surface area contributed by atoms with Crippen molar-refractivity contribution in [1.29, 1.82) is 0 Å². The Labute approximate surface area is 154 Å². The van der Waals surface area contributed by atoms with Gasteiger partial charge in [0.25, 0.3) is 5.91 Å². The van der Waals surface area contributed by atoms with Crippen molar-refractivity contribution in [3.05, 3.63) is 59.7 Å². The number of carbonyl (C=O) groups is 2. The topological polar surface area (TPSA) is 61.4 Å². The molecule has 0 unspecified atom stereocenters. The van der Waals surface area contributed by atoms with E-state index in [1.165, 1.54) is 44.8 Å². The number of benzene rings is 2. The minimum atomic E-state index is -0.194. The van der Waals surface area contributed by atoms with Gasteiger partial charge in [-0.2, -0.15) is 0 Å². The van der Waals surface area contributed by atoms with Gasteiger partial charge in [-0.25, -0.2) is 0 Å². The molecule has 1 aliphatic heterocycles. The highest BCUT2D eigenvalue weighted by atomic mass is 16.2. The molecule has 5 nitrogen and oxygen atoms in total. The highest BCUT2D eigenvalue weighted by molar-refractivity contribution is 6.05. The van der Waals surface area contributed by atoms with Gasteiger partial charge < -0.3 is 10.6 Å². The zero-order chi connectivity index (χ0) is 18.4. The smallest absolute Gasteiger partial charge is 0.255 e. The number of nitrogens with zero attached hydrogens (tertiary/aromatic N) is 1. The number of rotatable bonds is 5. The van der Waals surface area contributed by atoms with Crippen LogP contribution in [0.1, 0.15) is 42.1 Å². The normalized spacial score (nSPS) is 14.7. The first-order chi connectivity index (χ1) is 12.6. The van der Waals surface area contributed by atoms with Gasteiger partial charge in [-0.15, -0.1) is 0 Å². The molecule has 0 radical (unpaired) electrons. The second-order valence-electron chi connectivity index (χ2n) is 6.75. The van der Waals surface area contributed by atoms with Crippen molar-refractivity contribution < 1.29 is 9.59 Å². The molecule has 0 aliphatic carbocycles. The molecule has 0 saturated carbocycles. The average Bonchev–Trinajstić information content (AvgIpc) is 2.64. The summed E-state index contributed by atoms with van der Waals surface area (Å²) in [7, 11) is 0. The summed E-state index contributed by atoms with van der Waals surface area (Å²) in [4.78, 5) is 26.0. The quantitative estimate of drug-likeness (QED) is 0.859. The van der Waals surface area contributed by atoms with E-state index in [1.54, 1.807) is 24.3 Å². The molecule has 0 spiro atoms. The van der Waals surface area contributed by atoms with Gasteiger partial charge in [0.05, 0.1) is 0 Å². The van der Waals surface area contributed by atoms with Crippen molar-refractivity contribution in [3.8, 4) is 0 Å². The lowest BCUT2D eigenvalue weighted by Gasteiger charge is -2.26. The maximum absolute atomic E-state index is 12.4. The van der Waals surface area contributed by atoms with Crippen LogP contribution in [0.5, 0.6) is 0 Å². The van der Waals surface area contributed by atoms with Crippen molar-refractivity contribution >= 4 is 23.2 Å². The molecule has 0 bridgehead atoms. The van der Waals surface area contributed by atoms with E-state index in [4.69, 9.17) is 0 Å². The molecular formula is C21H25N3O2. The Morgan fingerprint density at radius 3 is 2.35 bits per heavy atom. The summed E-state index contributed by atoms with van der Waals surface area (Å²) in [6.07, 6.45) is 3.90. The molecule has 2 aromatic carbocycles. The minimum Gasteiger partial charge on any atom is -0.326 e. The van der Waals surface area contributed by atoms with Crippen LogP contribution < -0.4 is 10.6 Å². The fourth-order valence-corrected chi connectivity index (χ4v) is 3.21. The number of hydrogen-bond acceptors (Lipinski definition) is 3. The number of piperidine rings is 1. The van der Waals surface area contributed by atoms with Crippen LogP contribution in [0.2, 0.25) is 0 Å². The summed E-state index contributed by atoms with van der Waals surface area (Å²) in [6.45, 7) is 4.75. The molecule has 2 aromatic rings. The Hall–Kier alpha value is -2.66. The van der Waals surface area contributed by atoms with Gasteiger partial charge in [-0.05, 0) is 61.8 Å². The Balaban J connectivity index is 1.59. The molecule has 0 atom stereocenters. The maximum atomic E-state index is 12.4. The third kappa shape index (κ3) is 5.17. The van der Waals surface area contributed by atoms with Gasteiger partial charge in [-0.3, -0.25) is 14.5 Å². The second-order valence-corrected chi connectivity index (χ2v) is 6.75. The van der Waals surface area contributed by atoms with Gasteiger partial charge in [0, 0.05) is 30.4 Å². The maximum Gasteiger partial charge on any atom is 0.255 e. The number of amides is 2. The van der Waals surface area contributed by atoms with Crippen LogP contribution in [-0.4, -0.2) is 29.8 Å². The molecule has 2 N–H and O–H groups in total. The molecular weight excluding hydrogens is 326 g/mol. The van der Waals surface area contributed by atoms with Crippen molar-refractivity contribution in [2.24, 2.45) is 0 Å². The van der Waals surface area contributed by atoms with Crippen molar-refractivity contribution in [3.63, 3.8) is 0 Å². The van der Waals surface area contributed by atoms with Crippen LogP contribution in [0.3, 0.4) is 0 Å². The average molecular weight is 351 g/mol. The first kappa shape index (κ1) is 18.1. The highest BCUT2D eigenvalue weighted by Gasteiger charge is 2.11. The van der Waals surface area contributed by atoms with E-state index in [1.807, 2.05) is 12.1 Å². The fraction of sp³-hybridized carbons (Fsp3) is 0.333. The van der Waals surface area contributed by atoms with Crippen molar-refractivity contribution in [2.45, 2.75) is 32.7 Å². The van der Waals surface area contributed by atoms with Crippen LogP contribution in [0.25, 0.3) is 0 Å². The SMILES string of the molecule is CC(=O)Nc1cccc(C(=O)Nc2ccc(CN3CCCCC3)cc2)c1. The first-order valence-corrected chi connectivity index (χ1v) is 9.10. The third-order valence-corrected chi connectivity index (χ3v) is 4.51. The van der Waals surface area contributed by atoms with Gasteiger partial charge in [0.15, 0.2) is 0 Å². The van der Waals surface area contributed by atoms with Gasteiger partial charge in [0.1, 0.15) is 0 Å². The number of carbonyl (C=O) groups excluding carboxylic acids is 2. The molecule has 5 heteroatoms. The number of nitrogens with one attached hydrogen (secondary N) is 2. The first-order valence-electron chi connectivity index (χ1n) is 9.10. The van der Waals surface area contributed by atoms with Crippen molar-refractivity contribution in [2.75, 3.05) is 23.7 Å². The van der Waals surface area contributed by atoms with E-state index in [0.29, 0.717) is 11.3 Å². The van der Waals surface area contributed by atoms with Crippen LogP contribution in [0, 0.1) is 0 Å².